The van der Waals surface area contributed by atoms with Crippen LogP contribution in [0.25, 0.3) is 0 Å². The van der Waals surface area contributed by atoms with Crippen molar-refractivity contribution in [2.75, 3.05) is 31.1 Å². The third-order valence-corrected chi connectivity index (χ3v) is 2.15. The molecule has 5 heteroatoms. The molecule has 0 atom stereocenters. The third kappa shape index (κ3) is 2.12. The number of nitrogens with one attached hydrogen (secondary N) is 1. The number of anilines is 1. The van der Waals surface area contributed by atoms with Crippen LogP contribution in [0.5, 0.6) is 0 Å². The summed E-state index contributed by atoms with van der Waals surface area (Å²) in [6.45, 7) is 4.16. The van der Waals surface area contributed by atoms with Gasteiger partial charge in [0.1, 0.15) is 6.33 Å². The lowest BCUT2D eigenvalue weighted by molar-refractivity contribution is 0.724. The Morgan fingerprint density at radius 1 is 1.23 bits per heavy atom. The van der Waals surface area contributed by atoms with E-state index in [1.54, 1.807) is 6.20 Å². The largest absolute Gasteiger partial charge is 0.354 e. The molecule has 2 rings (SSSR count). The van der Waals surface area contributed by atoms with Crippen molar-refractivity contribution in [1.29, 1.82) is 0 Å². The average molecular weight is 179 g/mol. The van der Waals surface area contributed by atoms with Crippen molar-refractivity contribution in [3.63, 3.8) is 0 Å². The van der Waals surface area contributed by atoms with Gasteiger partial charge in [-0.05, 0) is 13.0 Å². The van der Waals surface area contributed by atoms with E-state index in [1.807, 2.05) is 0 Å². The molecule has 0 saturated carbocycles. The molecule has 0 radical (unpaired) electrons. The predicted octanol–water partition coefficient (Wildman–Crippen LogP) is -0.329. The summed E-state index contributed by atoms with van der Waals surface area (Å²) in [5.41, 5.74) is 0. The second-order valence-electron chi connectivity index (χ2n) is 3.05. The Morgan fingerprint density at radius 3 is 3.08 bits per heavy atom. The summed E-state index contributed by atoms with van der Waals surface area (Å²) in [6.07, 6.45) is 4.36. The summed E-state index contributed by atoms with van der Waals surface area (Å²) in [6, 6.07) is 0. The minimum absolute atomic E-state index is 0.929. The molecule has 1 aromatic rings. The molecule has 0 spiro atoms. The number of aromatic nitrogens is 3. The van der Waals surface area contributed by atoms with E-state index in [0.717, 1.165) is 38.4 Å². The van der Waals surface area contributed by atoms with Gasteiger partial charge < -0.3 is 10.2 Å². The summed E-state index contributed by atoms with van der Waals surface area (Å²) in [7, 11) is 0. The molecule has 1 fully saturated rings. The highest BCUT2D eigenvalue weighted by Gasteiger charge is 2.09. The highest BCUT2D eigenvalue weighted by atomic mass is 15.2. The summed E-state index contributed by atoms with van der Waals surface area (Å²) in [5, 5.41) is 10.8. The molecule has 0 bridgehead atoms. The Morgan fingerprint density at radius 2 is 2.23 bits per heavy atom. The van der Waals surface area contributed by atoms with Gasteiger partial charge in [-0.3, -0.25) is 0 Å². The molecule has 2 heterocycles. The van der Waals surface area contributed by atoms with E-state index in [-0.39, 0.29) is 0 Å². The fraction of sp³-hybridized carbons (Fsp3) is 0.625. The van der Waals surface area contributed by atoms with Crippen molar-refractivity contribution in [2.24, 2.45) is 0 Å². The molecule has 1 saturated heterocycles. The molecule has 70 valence electrons. The van der Waals surface area contributed by atoms with Crippen molar-refractivity contribution in [1.82, 2.24) is 20.5 Å². The van der Waals surface area contributed by atoms with E-state index in [9.17, 15) is 0 Å². The third-order valence-electron chi connectivity index (χ3n) is 2.15. The van der Waals surface area contributed by atoms with Gasteiger partial charge in [0, 0.05) is 19.6 Å². The first-order chi connectivity index (χ1) is 6.47. The lowest BCUT2D eigenvalue weighted by atomic mass is 10.4. The smallest absolute Gasteiger partial charge is 0.150 e. The zero-order chi connectivity index (χ0) is 8.93. The van der Waals surface area contributed by atoms with Gasteiger partial charge in [0.15, 0.2) is 5.82 Å². The van der Waals surface area contributed by atoms with Gasteiger partial charge in [-0.2, -0.15) is 5.10 Å². The molecular weight excluding hydrogens is 166 g/mol. The van der Waals surface area contributed by atoms with Crippen molar-refractivity contribution in [3.05, 3.63) is 12.5 Å². The van der Waals surface area contributed by atoms with E-state index >= 15 is 0 Å². The number of hydrogen-bond acceptors (Lipinski definition) is 5. The van der Waals surface area contributed by atoms with Gasteiger partial charge in [-0.15, -0.1) is 5.10 Å². The van der Waals surface area contributed by atoms with Crippen LogP contribution >= 0.6 is 0 Å². The van der Waals surface area contributed by atoms with Crippen molar-refractivity contribution in [3.8, 4) is 0 Å². The maximum Gasteiger partial charge on any atom is 0.150 e. The molecule has 5 nitrogen and oxygen atoms in total. The first-order valence-corrected chi connectivity index (χ1v) is 4.55. The highest BCUT2D eigenvalue weighted by molar-refractivity contribution is 5.34. The normalized spacial score (nSPS) is 18.3. The van der Waals surface area contributed by atoms with E-state index < -0.39 is 0 Å². The Bertz CT molecular complexity index is 242. The van der Waals surface area contributed by atoms with Gasteiger partial charge in [-0.1, -0.05) is 0 Å². The SMILES string of the molecule is c1nncc(N2CCCNCC2)n1. The standard InChI is InChI=1S/C8H13N5/c1-2-9-3-5-13(4-1)8-6-11-12-7-10-8/h6-7,9H,1-5H2. The second-order valence-corrected chi connectivity index (χ2v) is 3.05. The molecule has 1 N–H and O–H groups in total. The topological polar surface area (TPSA) is 53.9 Å². The van der Waals surface area contributed by atoms with E-state index in [4.69, 9.17) is 0 Å². The maximum atomic E-state index is 4.17. The Kier molecular flexibility index (Phi) is 2.66. The van der Waals surface area contributed by atoms with Crippen molar-refractivity contribution < 1.29 is 0 Å². The Balaban J connectivity index is 2.06. The van der Waals surface area contributed by atoms with Gasteiger partial charge in [0.2, 0.25) is 0 Å². The van der Waals surface area contributed by atoms with Crippen LogP contribution in [0.2, 0.25) is 0 Å². The second kappa shape index (κ2) is 4.13. The summed E-state index contributed by atoms with van der Waals surface area (Å²) in [5.74, 6) is 0.929. The van der Waals surface area contributed by atoms with Crippen molar-refractivity contribution >= 4 is 5.82 Å². The van der Waals surface area contributed by atoms with E-state index in [2.05, 4.69) is 25.4 Å². The molecule has 0 unspecified atom stereocenters. The number of nitrogens with zero attached hydrogens (tertiary/aromatic N) is 4. The highest BCUT2D eigenvalue weighted by Crippen LogP contribution is 2.07. The maximum absolute atomic E-state index is 4.17. The lowest BCUT2D eigenvalue weighted by Gasteiger charge is -2.19. The molecule has 1 aromatic heterocycles. The minimum Gasteiger partial charge on any atom is -0.354 e. The van der Waals surface area contributed by atoms with E-state index in [0.29, 0.717) is 0 Å². The van der Waals surface area contributed by atoms with Gasteiger partial charge in [-0.25, -0.2) is 4.98 Å². The van der Waals surface area contributed by atoms with Crippen LogP contribution in [0.1, 0.15) is 6.42 Å². The molecular formula is C8H13N5. The van der Waals surface area contributed by atoms with Gasteiger partial charge >= 0.3 is 0 Å². The Labute approximate surface area is 77.2 Å². The van der Waals surface area contributed by atoms with E-state index in [1.165, 1.54) is 6.33 Å². The fourth-order valence-corrected chi connectivity index (χ4v) is 1.47. The number of rotatable bonds is 1. The molecule has 1 aliphatic heterocycles. The van der Waals surface area contributed by atoms with Gasteiger partial charge in [0.05, 0.1) is 6.20 Å². The van der Waals surface area contributed by atoms with Crippen LogP contribution in [0, 0.1) is 0 Å². The molecule has 0 aromatic carbocycles. The molecule has 0 aliphatic carbocycles. The number of hydrogen-bond donors (Lipinski definition) is 1. The minimum atomic E-state index is 0.929. The first-order valence-electron chi connectivity index (χ1n) is 4.55. The monoisotopic (exact) mass is 179 g/mol. The predicted molar refractivity (Wildman–Crippen MR) is 49.5 cm³/mol. The van der Waals surface area contributed by atoms with Crippen LogP contribution < -0.4 is 10.2 Å². The first kappa shape index (κ1) is 8.37. The Hall–Kier alpha value is -1.23. The summed E-state index contributed by atoms with van der Waals surface area (Å²) >= 11 is 0. The zero-order valence-electron chi connectivity index (χ0n) is 7.48. The average Bonchev–Trinajstić information content (AvgIpc) is 2.47. The van der Waals surface area contributed by atoms with Crippen molar-refractivity contribution in [2.45, 2.75) is 6.42 Å². The van der Waals surface area contributed by atoms with Crippen LogP contribution in [-0.4, -0.2) is 41.4 Å². The van der Waals surface area contributed by atoms with Crippen LogP contribution in [-0.2, 0) is 0 Å². The molecule has 0 amide bonds. The zero-order valence-corrected chi connectivity index (χ0v) is 7.48. The molecule has 1 aliphatic rings. The fourth-order valence-electron chi connectivity index (χ4n) is 1.47. The quantitative estimate of drug-likeness (QED) is 0.640. The lowest BCUT2D eigenvalue weighted by Crippen LogP contribution is -2.28. The van der Waals surface area contributed by atoms with Crippen LogP contribution in [0.15, 0.2) is 12.5 Å². The summed E-state index contributed by atoms with van der Waals surface area (Å²) < 4.78 is 0. The van der Waals surface area contributed by atoms with Crippen LogP contribution in [0.4, 0.5) is 5.82 Å². The molecule has 13 heavy (non-hydrogen) atoms. The van der Waals surface area contributed by atoms with Gasteiger partial charge in [0.25, 0.3) is 0 Å². The van der Waals surface area contributed by atoms with Crippen LogP contribution in [0.3, 0.4) is 0 Å². The summed E-state index contributed by atoms with van der Waals surface area (Å²) in [4.78, 5) is 6.40.